The molecular formula is C24H28N4O3. The fourth-order valence-electron chi connectivity index (χ4n) is 3.97. The van der Waals surface area contributed by atoms with Gasteiger partial charge in [-0.25, -0.2) is 9.78 Å². The van der Waals surface area contributed by atoms with Gasteiger partial charge in [0.05, 0.1) is 5.92 Å². The van der Waals surface area contributed by atoms with Gasteiger partial charge in [0.15, 0.2) is 11.5 Å². The number of rotatable bonds is 6. The van der Waals surface area contributed by atoms with Crippen LogP contribution in [-0.4, -0.2) is 53.4 Å². The molecule has 1 N–H and O–H groups in total. The van der Waals surface area contributed by atoms with E-state index in [1.807, 2.05) is 59.5 Å². The van der Waals surface area contributed by atoms with E-state index in [2.05, 4.69) is 10.3 Å². The van der Waals surface area contributed by atoms with Gasteiger partial charge in [-0.1, -0.05) is 42.5 Å². The molecule has 1 aliphatic heterocycles. The highest BCUT2D eigenvalue weighted by Crippen LogP contribution is 2.29. The van der Waals surface area contributed by atoms with E-state index in [4.69, 9.17) is 4.42 Å². The van der Waals surface area contributed by atoms with E-state index < -0.39 is 0 Å². The van der Waals surface area contributed by atoms with Crippen molar-refractivity contribution in [1.82, 2.24) is 20.1 Å². The van der Waals surface area contributed by atoms with E-state index >= 15 is 0 Å². The minimum atomic E-state index is -0.181. The molecule has 2 heterocycles. The topological polar surface area (TPSA) is 78.7 Å². The summed E-state index contributed by atoms with van der Waals surface area (Å²) in [6.07, 6.45) is 2.16. The van der Waals surface area contributed by atoms with Gasteiger partial charge in [-0.05, 0) is 30.5 Å². The summed E-state index contributed by atoms with van der Waals surface area (Å²) in [4.78, 5) is 33.1. The van der Waals surface area contributed by atoms with Crippen LogP contribution in [-0.2, 0) is 11.3 Å². The molecular weight excluding hydrogens is 392 g/mol. The molecule has 3 amide bonds. The van der Waals surface area contributed by atoms with Crippen molar-refractivity contribution in [3.63, 3.8) is 0 Å². The van der Waals surface area contributed by atoms with Crippen molar-refractivity contribution in [2.45, 2.75) is 31.7 Å². The Morgan fingerprint density at radius 3 is 2.74 bits per heavy atom. The Hall–Kier alpha value is -3.35. The monoisotopic (exact) mass is 420 g/mol. The van der Waals surface area contributed by atoms with E-state index in [9.17, 15) is 9.59 Å². The summed E-state index contributed by atoms with van der Waals surface area (Å²) in [7, 11) is 1.75. The van der Waals surface area contributed by atoms with E-state index in [1.165, 1.54) is 0 Å². The lowest BCUT2D eigenvalue weighted by Crippen LogP contribution is -2.42. The second kappa shape index (κ2) is 9.64. The maximum Gasteiger partial charge on any atom is 0.317 e. The van der Waals surface area contributed by atoms with E-state index in [1.54, 1.807) is 11.9 Å². The Bertz CT molecular complexity index is 1000. The van der Waals surface area contributed by atoms with Gasteiger partial charge in [-0.3, -0.25) is 4.79 Å². The third kappa shape index (κ3) is 5.23. The van der Waals surface area contributed by atoms with Crippen LogP contribution in [0.5, 0.6) is 0 Å². The second-order valence-electron chi connectivity index (χ2n) is 8.02. The summed E-state index contributed by atoms with van der Waals surface area (Å²) in [6.45, 7) is 2.19. The van der Waals surface area contributed by atoms with Gasteiger partial charge in [0.1, 0.15) is 5.52 Å². The molecule has 0 spiro atoms. The number of fused-ring (bicyclic) bond motifs is 1. The first kappa shape index (κ1) is 20.9. The molecule has 0 bridgehead atoms. The Morgan fingerprint density at radius 2 is 1.94 bits per heavy atom. The molecule has 7 heteroatoms. The van der Waals surface area contributed by atoms with Gasteiger partial charge in [0.25, 0.3) is 0 Å². The Morgan fingerprint density at radius 1 is 1.16 bits per heavy atom. The minimum Gasteiger partial charge on any atom is -0.440 e. The largest absolute Gasteiger partial charge is 0.440 e. The Kier molecular flexibility index (Phi) is 6.50. The van der Waals surface area contributed by atoms with Crippen molar-refractivity contribution < 1.29 is 14.0 Å². The number of carbonyl (C=O) groups excluding carboxylic acids is 2. The first-order valence-corrected chi connectivity index (χ1v) is 10.8. The summed E-state index contributed by atoms with van der Waals surface area (Å²) in [5.41, 5.74) is 2.70. The van der Waals surface area contributed by atoms with Crippen molar-refractivity contribution in [3.8, 4) is 0 Å². The predicted molar refractivity (Wildman–Crippen MR) is 118 cm³/mol. The standard InChI is InChI=1S/C24H28N4O3/c1-27(16-18-8-3-2-4-9-18)24(30)25-14-13-22(29)28-15-7-10-19(17-28)23-26-20-11-5-6-12-21(20)31-23/h2-6,8-9,11-12,19H,7,10,13-17H2,1H3,(H,25,30). The molecule has 2 aromatic carbocycles. The molecule has 1 unspecified atom stereocenters. The molecule has 1 aromatic heterocycles. The number of oxazole rings is 1. The highest BCUT2D eigenvalue weighted by Gasteiger charge is 2.28. The summed E-state index contributed by atoms with van der Waals surface area (Å²) < 4.78 is 5.91. The number of hydrogen-bond acceptors (Lipinski definition) is 4. The highest BCUT2D eigenvalue weighted by molar-refractivity contribution is 5.78. The molecule has 3 aromatic rings. The SMILES string of the molecule is CN(Cc1ccccc1)C(=O)NCCC(=O)N1CCCC(c2nc3ccccc3o2)C1. The molecule has 1 saturated heterocycles. The van der Waals surface area contributed by atoms with Gasteiger partial charge in [-0.15, -0.1) is 0 Å². The van der Waals surface area contributed by atoms with Crippen LogP contribution in [0.25, 0.3) is 11.1 Å². The first-order valence-electron chi connectivity index (χ1n) is 10.8. The zero-order valence-electron chi connectivity index (χ0n) is 17.8. The number of piperidine rings is 1. The van der Waals surface area contributed by atoms with Gasteiger partial charge < -0.3 is 19.5 Å². The average Bonchev–Trinajstić information content (AvgIpc) is 3.24. The molecule has 1 atom stereocenters. The number of urea groups is 1. The lowest BCUT2D eigenvalue weighted by Gasteiger charge is -2.31. The number of para-hydroxylation sites is 2. The van der Waals surface area contributed by atoms with Gasteiger partial charge in [0.2, 0.25) is 5.91 Å². The summed E-state index contributed by atoms with van der Waals surface area (Å²) >= 11 is 0. The summed E-state index contributed by atoms with van der Waals surface area (Å²) in [5.74, 6) is 0.859. The molecule has 1 fully saturated rings. The number of nitrogens with zero attached hydrogens (tertiary/aromatic N) is 3. The number of nitrogens with one attached hydrogen (secondary N) is 1. The zero-order valence-corrected chi connectivity index (χ0v) is 17.8. The smallest absolute Gasteiger partial charge is 0.317 e. The number of carbonyl (C=O) groups is 2. The summed E-state index contributed by atoms with van der Waals surface area (Å²) in [6, 6.07) is 17.4. The van der Waals surface area contributed by atoms with E-state index in [-0.39, 0.29) is 24.3 Å². The number of aromatic nitrogens is 1. The molecule has 162 valence electrons. The second-order valence-corrected chi connectivity index (χ2v) is 8.02. The molecule has 4 rings (SSSR count). The van der Waals surface area contributed by atoms with Crippen molar-refractivity contribution >= 4 is 23.0 Å². The van der Waals surface area contributed by atoms with Crippen LogP contribution in [0.3, 0.4) is 0 Å². The van der Waals surface area contributed by atoms with Crippen LogP contribution >= 0.6 is 0 Å². The zero-order chi connectivity index (χ0) is 21.6. The van der Waals surface area contributed by atoms with Crippen LogP contribution in [0.4, 0.5) is 4.79 Å². The molecule has 31 heavy (non-hydrogen) atoms. The number of amides is 3. The van der Waals surface area contributed by atoms with Crippen LogP contribution in [0.15, 0.2) is 59.0 Å². The number of hydrogen-bond donors (Lipinski definition) is 1. The summed E-state index contributed by atoms with van der Waals surface area (Å²) in [5, 5.41) is 2.84. The molecule has 0 saturated carbocycles. The van der Waals surface area contributed by atoms with Crippen molar-refractivity contribution in [3.05, 3.63) is 66.1 Å². The maximum absolute atomic E-state index is 12.7. The maximum atomic E-state index is 12.7. The molecule has 7 nitrogen and oxygen atoms in total. The quantitative estimate of drug-likeness (QED) is 0.659. The van der Waals surface area contributed by atoms with Crippen molar-refractivity contribution in [1.29, 1.82) is 0 Å². The normalized spacial score (nSPS) is 16.3. The number of benzene rings is 2. The average molecular weight is 421 g/mol. The third-order valence-electron chi connectivity index (χ3n) is 5.66. The molecule has 0 radical (unpaired) electrons. The predicted octanol–water partition coefficient (Wildman–Crippen LogP) is 3.77. The molecule has 0 aliphatic carbocycles. The van der Waals surface area contributed by atoms with Crippen LogP contribution in [0.1, 0.15) is 36.6 Å². The lowest BCUT2D eigenvalue weighted by molar-refractivity contribution is -0.132. The van der Waals surface area contributed by atoms with E-state index in [0.29, 0.717) is 25.5 Å². The van der Waals surface area contributed by atoms with Crippen molar-refractivity contribution in [2.75, 3.05) is 26.7 Å². The Balaban J connectivity index is 1.25. The third-order valence-corrected chi connectivity index (χ3v) is 5.66. The van der Waals surface area contributed by atoms with Crippen LogP contribution in [0, 0.1) is 0 Å². The van der Waals surface area contributed by atoms with Crippen LogP contribution in [0.2, 0.25) is 0 Å². The first-order chi connectivity index (χ1) is 15.1. The number of likely N-dealkylation sites (tertiary alicyclic amines) is 1. The van der Waals surface area contributed by atoms with Gasteiger partial charge in [-0.2, -0.15) is 0 Å². The van der Waals surface area contributed by atoms with Crippen LogP contribution < -0.4 is 5.32 Å². The lowest BCUT2D eigenvalue weighted by atomic mass is 9.97. The van der Waals surface area contributed by atoms with E-state index in [0.717, 1.165) is 36.0 Å². The van der Waals surface area contributed by atoms with Gasteiger partial charge >= 0.3 is 6.03 Å². The minimum absolute atomic E-state index is 0.0480. The fourth-order valence-corrected chi connectivity index (χ4v) is 3.97. The fraction of sp³-hybridized carbons (Fsp3) is 0.375. The highest BCUT2D eigenvalue weighted by atomic mass is 16.3. The van der Waals surface area contributed by atoms with Gasteiger partial charge in [0, 0.05) is 39.6 Å². The molecule has 1 aliphatic rings. The Labute approximate surface area is 182 Å². The van der Waals surface area contributed by atoms with Crippen molar-refractivity contribution in [2.24, 2.45) is 0 Å².